The Hall–Kier alpha value is -1.80. The van der Waals surface area contributed by atoms with Gasteiger partial charge in [-0.1, -0.05) is 13.0 Å². The van der Waals surface area contributed by atoms with E-state index in [0.29, 0.717) is 12.2 Å². The number of imidazole rings is 1. The van der Waals surface area contributed by atoms with Crippen molar-refractivity contribution in [1.82, 2.24) is 9.55 Å². The summed E-state index contributed by atoms with van der Waals surface area (Å²) in [5.41, 5.74) is 0.243. The first-order valence-corrected chi connectivity index (χ1v) is 7.88. The Morgan fingerprint density at radius 3 is 2.62 bits per heavy atom. The second-order valence-corrected chi connectivity index (χ2v) is 6.16. The van der Waals surface area contributed by atoms with Gasteiger partial charge in [-0.3, -0.25) is 0 Å². The average Bonchev–Trinajstić information content (AvgIpc) is 2.76. The molecule has 5 nitrogen and oxygen atoms in total. The molecule has 0 amide bonds. The summed E-state index contributed by atoms with van der Waals surface area (Å²) in [5, 5.41) is 4.79. The number of aromatic nitrogens is 2. The first-order chi connectivity index (χ1) is 9.81. The van der Waals surface area contributed by atoms with Crippen molar-refractivity contribution in [2.75, 3.05) is 0 Å². The van der Waals surface area contributed by atoms with E-state index in [9.17, 15) is 17.2 Å². The van der Waals surface area contributed by atoms with Crippen LogP contribution in [0.4, 0.5) is 8.78 Å². The summed E-state index contributed by atoms with van der Waals surface area (Å²) in [6.45, 7) is 1.97. The summed E-state index contributed by atoms with van der Waals surface area (Å²) in [5.74, 6) is -0.866. The number of benzene rings is 1. The molecule has 21 heavy (non-hydrogen) atoms. The predicted molar refractivity (Wildman–Crippen MR) is 73.1 cm³/mol. The fraction of sp³-hybridized carbons (Fsp3) is 0.308. The monoisotopic (exact) mass is 315 g/mol. The lowest BCUT2D eigenvalue weighted by molar-refractivity contribution is 0.563. The van der Waals surface area contributed by atoms with Crippen molar-refractivity contribution in [3.05, 3.63) is 47.4 Å². The van der Waals surface area contributed by atoms with Gasteiger partial charge >= 0.3 is 0 Å². The van der Waals surface area contributed by atoms with E-state index in [1.807, 2.05) is 6.92 Å². The largest absolute Gasteiger partial charge is 0.329 e. The molecule has 0 saturated heterocycles. The quantitative estimate of drug-likeness (QED) is 0.914. The van der Waals surface area contributed by atoms with Gasteiger partial charge in [-0.05, 0) is 12.5 Å². The van der Waals surface area contributed by atoms with Gasteiger partial charge in [0.25, 0.3) is 10.0 Å². The maximum Gasteiger partial charge on any atom is 0.257 e. The molecule has 0 unspecified atom stereocenters. The molecule has 114 valence electrons. The molecule has 2 rings (SSSR count). The van der Waals surface area contributed by atoms with Crippen LogP contribution in [-0.2, 0) is 23.0 Å². The van der Waals surface area contributed by atoms with Crippen LogP contribution in [-0.4, -0.2) is 18.0 Å². The zero-order valence-electron chi connectivity index (χ0n) is 11.4. The zero-order valence-corrected chi connectivity index (χ0v) is 12.2. The number of halogens is 2. The van der Waals surface area contributed by atoms with E-state index in [1.54, 1.807) is 0 Å². The highest BCUT2D eigenvalue weighted by atomic mass is 32.2. The summed E-state index contributed by atoms with van der Waals surface area (Å²) < 4.78 is 50.8. The molecule has 2 aromatic rings. The van der Waals surface area contributed by atoms with Crippen molar-refractivity contribution in [3.8, 4) is 0 Å². The molecule has 0 radical (unpaired) electrons. The average molecular weight is 315 g/mol. The lowest BCUT2D eigenvalue weighted by atomic mass is 10.2. The topological polar surface area (TPSA) is 78.0 Å². The van der Waals surface area contributed by atoms with E-state index in [4.69, 9.17) is 5.14 Å². The van der Waals surface area contributed by atoms with Crippen molar-refractivity contribution >= 4 is 10.0 Å². The highest BCUT2D eigenvalue weighted by molar-refractivity contribution is 7.89. The smallest absolute Gasteiger partial charge is 0.257 e. The third-order valence-electron chi connectivity index (χ3n) is 2.96. The summed E-state index contributed by atoms with van der Waals surface area (Å²) in [6.07, 6.45) is 2.54. The molecule has 8 heteroatoms. The molecule has 1 aromatic carbocycles. The van der Waals surface area contributed by atoms with Crippen LogP contribution in [0.1, 0.15) is 24.7 Å². The fourth-order valence-corrected chi connectivity index (χ4v) is 2.47. The number of primary sulfonamides is 1. The van der Waals surface area contributed by atoms with E-state index in [-0.39, 0.29) is 17.1 Å². The summed E-state index contributed by atoms with van der Waals surface area (Å²) in [6, 6.07) is 3.25. The highest BCUT2D eigenvalue weighted by Gasteiger charge is 2.17. The Balaban J connectivity index is 2.40. The van der Waals surface area contributed by atoms with Crippen molar-refractivity contribution in [2.45, 2.75) is 31.3 Å². The molecule has 2 N–H and O–H groups in total. The molecule has 0 aliphatic rings. The van der Waals surface area contributed by atoms with Gasteiger partial charge in [-0.25, -0.2) is 27.3 Å². The molecule has 0 spiro atoms. The van der Waals surface area contributed by atoms with Gasteiger partial charge in [0, 0.05) is 24.2 Å². The van der Waals surface area contributed by atoms with E-state index in [1.165, 1.54) is 16.8 Å². The molecule has 0 bridgehead atoms. The maximum absolute atomic E-state index is 13.7. The Labute approximate surface area is 121 Å². The standard InChI is InChI=1S/C13H15F2N3O2S/c1-2-3-12-17-13(21(16,19)20)8-18(12)7-9-4-5-10(14)6-11(9)15/h4-6,8H,2-3,7H2,1H3,(H2,16,19,20). The maximum atomic E-state index is 13.7. The molecule has 1 heterocycles. The molecule has 1 aromatic heterocycles. The fourth-order valence-electron chi connectivity index (χ4n) is 1.96. The highest BCUT2D eigenvalue weighted by Crippen LogP contribution is 2.15. The van der Waals surface area contributed by atoms with Crippen molar-refractivity contribution in [2.24, 2.45) is 5.14 Å². The van der Waals surface area contributed by atoms with Crippen LogP contribution in [0.3, 0.4) is 0 Å². The molecule has 0 atom stereocenters. The predicted octanol–water partition coefficient (Wildman–Crippen LogP) is 1.81. The lowest BCUT2D eigenvalue weighted by Crippen LogP contribution is -2.12. The Bertz CT molecular complexity index is 757. The summed E-state index contributed by atoms with van der Waals surface area (Å²) >= 11 is 0. The molecular formula is C13H15F2N3O2S. The summed E-state index contributed by atoms with van der Waals surface area (Å²) in [4.78, 5) is 3.97. The Morgan fingerprint density at radius 2 is 2.05 bits per heavy atom. The van der Waals surface area contributed by atoms with E-state index >= 15 is 0 Å². The van der Waals surface area contributed by atoms with Crippen molar-refractivity contribution in [1.29, 1.82) is 0 Å². The number of nitrogens with zero attached hydrogens (tertiary/aromatic N) is 2. The Morgan fingerprint density at radius 1 is 1.33 bits per heavy atom. The number of aryl methyl sites for hydroxylation is 1. The van der Waals surface area contributed by atoms with E-state index < -0.39 is 21.7 Å². The second kappa shape index (κ2) is 5.90. The minimum atomic E-state index is -3.92. The third-order valence-corrected chi connectivity index (χ3v) is 3.74. The van der Waals surface area contributed by atoms with Gasteiger partial charge in [0.05, 0.1) is 6.54 Å². The minimum Gasteiger partial charge on any atom is -0.329 e. The second-order valence-electron chi connectivity index (χ2n) is 4.65. The van der Waals surface area contributed by atoms with Crippen LogP contribution in [0.15, 0.2) is 29.4 Å². The van der Waals surface area contributed by atoms with Gasteiger partial charge in [-0.2, -0.15) is 0 Å². The van der Waals surface area contributed by atoms with Gasteiger partial charge in [0.2, 0.25) is 0 Å². The van der Waals surface area contributed by atoms with Gasteiger partial charge < -0.3 is 4.57 Å². The number of hydrogen-bond donors (Lipinski definition) is 1. The van der Waals surface area contributed by atoms with Crippen LogP contribution in [0.5, 0.6) is 0 Å². The number of nitrogens with two attached hydrogens (primary N) is 1. The SMILES string of the molecule is CCCc1nc(S(N)(=O)=O)cn1Cc1ccc(F)cc1F. The van der Waals surface area contributed by atoms with Gasteiger partial charge in [-0.15, -0.1) is 0 Å². The van der Waals surface area contributed by atoms with Gasteiger partial charge in [0.1, 0.15) is 17.5 Å². The van der Waals surface area contributed by atoms with Crippen molar-refractivity contribution < 1.29 is 17.2 Å². The van der Waals surface area contributed by atoms with Crippen LogP contribution >= 0.6 is 0 Å². The molecular weight excluding hydrogens is 300 g/mol. The lowest BCUT2D eigenvalue weighted by Gasteiger charge is -2.08. The summed E-state index contributed by atoms with van der Waals surface area (Å²) in [7, 11) is -3.92. The normalized spacial score (nSPS) is 11.8. The number of sulfonamides is 1. The minimum absolute atomic E-state index is 0.0595. The van der Waals surface area contributed by atoms with Crippen LogP contribution in [0, 0.1) is 11.6 Å². The first-order valence-electron chi connectivity index (χ1n) is 6.34. The molecule has 0 fully saturated rings. The van der Waals surface area contributed by atoms with Crippen LogP contribution in [0.25, 0.3) is 0 Å². The zero-order chi connectivity index (χ0) is 15.6. The number of rotatable bonds is 5. The van der Waals surface area contributed by atoms with E-state index in [2.05, 4.69) is 4.98 Å². The number of hydrogen-bond acceptors (Lipinski definition) is 3. The van der Waals surface area contributed by atoms with Crippen molar-refractivity contribution in [3.63, 3.8) is 0 Å². The van der Waals surface area contributed by atoms with E-state index in [0.717, 1.165) is 18.6 Å². The Kier molecular flexibility index (Phi) is 4.38. The third kappa shape index (κ3) is 3.64. The molecule has 0 aliphatic carbocycles. The molecule has 0 saturated carbocycles. The first kappa shape index (κ1) is 15.6. The van der Waals surface area contributed by atoms with Crippen LogP contribution < -0.4 is 5.14 Å². The molecule has 0 aliphatic heterocycles. The van der Waals surface area contributed by atoms with Gasteiger partial charge in [0.15, 0.2) is 5.03 Å². The van der Waals surface area contributed by atoms with Crippen LogP contribution in [0.2, 0.25) is 0 Å².